The van der Waals surface area contributed by atoms with Gasteiger partial charge in [-0.2, -0.15) is 0 Å². The summed E-state index contributed by atoms with van der Waals surface area (Å²) in [5.74, 6) is -0.129. The minimum absolute atomic E-state index is 0.129. The second kappa shape index (κ2) is 6.63. The van der Waals surface area contributed by atoms with Gasteiger partial charge >= 0.3 is 0 Å². The Morgan fingerprint density at radius 1 is 1.47 bits per heavy atom. The highest BCUT2D eigenvalue weighted by molar-refractivity contribution is 7.09. The molecule has 1 N–H and O–H groups in total. The topological polar surface area (TPSA) is 54.9 Å². The van der Waals surface area contributed by atoms with Crippen LogP contribution in [0.2, 0.25) is 5.15 Å². The van der Waals surface area contributed by atoms with E-state index in [1.807, 2.05) is 12.3 Å². The Kier molecular flexibility index (Phi) is 4.87. The molecule has 0 saturated carbocycles. The highest BCUT2D eigenvalue weighted by Gasteiger charge is 2.08. The molecule has 1 amide bonds. The molecule has 6 heteroatoms. The second-order valence-corrected chi connectivity index (χ2v) is 5.32. The zero-order valence-electron chi connectivity index (χ0n) is 10.5. The number of pyridine rings is 1. The number of hydrogen-bond acceptors (Lipinski definition) is 4. The van der Waals surface area contributed by atoms with Gasteiger partial charge in [0.15, 0.2) is 0 Å². The van der Waals surface area contributed by atoms with E-state index in [9.17, 15) is 4.79 Å². The number of nitrogens with zero attached hydrogens (tertiary/aromatic N) is 2. The Labute approximate surface area is 120 Å². The van der Waals surface area contributed by atoms with E-state index >= 15 is 0 Å². The fourth-order valence-electron chi connectivity index (χ4n) is 1.62. The van der Waals surface area contributed by atoms with Gasteiger partial charge in [0.05, 0.1) is 5.01 Å². The molecule has 0 fully saturated rings. The van der Waals surface area contributed by atoms with Crippen LogP contribution < -0.4 is 5.32 Å². The van der Waals surface area contributed by atoms with Crippen molar-refractivity contribution in [2.75, 3.05) is 6.54 Å². The van der Waals surface area contributed by atoms with Crippen molar-refractivity contribution in [3.8, 4) is 0 Å². The molecule has 100 valence electrons. The standard InChI is InChI=1S/C13H14ClN3OS/c1-2-10-7-9(8-11(14)17-10)13(18)16-4-3-12-15-5-6-19-12/h5-8H,2-4H2,1H3,(H,16,18). The summed E-state index contributed by atoms with van der Waals surface area (Å²) in [7, 11) is 0. The Morgan fingerprint density at radius 2 is 2.32 bits per heavy atom. The lowest BCUT2D eigenvalue weighted by atomic mass is 10.2. The predicted octanol–water partition coefficient (Wildman–Crippen LogP) is 2.73. The number of rotatable bonds is 5. The molecule has 2 aromatic heterocycles. The lowest BCUT2D eigenvalue weighted by Crippen LogP contribution is -2.25. The van der Waals surface area contributed by atoms with E-state index in [4.69, 9.17) is 11.6 Å². The molecule has 0 aliphatic rings. The Hall–Kier alpha value is -1.46. The number of nitrogens with one attached hydrogen (secondary N) is 1. The van der Waals surface area contributed by atoms with Gasteiger partial charge in [-0.25, -0.2) is 9.97 Å². The summed E-state index contributed by atoms with van der Waals surface area (Å²) in [6.45, 7) is 2.54. The summed E-state index contributed by atoms with van der Waals surface area (Å²) >= 11 is 7.47. The van der Waals surface area contributed by atoms with Crippen LogP contribution in [0.25, 0.3) is 0 Å². The summed E-state index contributed by atoms with van der Waals surface area (Å²) < 4.78 is 0. The molecule has 0 atom stereocenters. The minimum Gasteiger partial charge on any atom is -0.352 e. The average molecular weight is 296 g/mol. The molecule has 0 aliphatic heterocycles. The maximum Gasteiger partial charge on any atom is 0.251 e. The second-order valence-electron chi connectivity index (χ2n) is 3.96. The number of aromatic nitrogens is 2. The van der Waals surface area contributed by atoms with Crippen LogP contribution in [0.5, 0.6) is 0 Å². The number of thiazole rings is 1. The minimum atomic E-state index is -0.129. The first-order chi connectivity index (χ1) is 9.19. The van der Waals surface area contributed by atoms with Crippen molar-refractivity contribution in [3.63, 3.8) is 0 Å². The maximum atomic E-state index is 12.0. The normalized spacial score (nSPS) is 10.4. The first kappa shape index (κ1) is 14.0. The fraction of sp³-hybridized carbons (Fsp3) is 0.308. The molecule has 2 rings (SSSR count). The summed E-state index contributed by atoms with van der Waals surface area (Å²) in [5.41, 5.74) is 1.37. The van der Waals surface area contributed by atoms with Crippen molar-refractivity contribution >= 4 is 28.8 Å². The Balaban J connectivity index is 1.94. The van der Waals surface area contributed by atoms with Crippen LogP contribution in [0.4, 0.5) is 0 Å². The van der Waals surface area contributed by atoms with Crippen molar-refractivity contribution in [2.24, 2.45) is 0 Å². The van der Waals surface area contributed by atoms with Gasteiger partial charge in [-0.05, 0) is 18.6 Å². The van der Waals surface area contributed by atoms with E-state index in [2.05, 4.69) is 15.3 Å². The molecule has 0 saturated heterocycles. The maximum absolute atomic E-state index is 12.0. The highest BCUT2D eigenvalue weighted by atomic mass is 35.5. The van der Waals surface area contributed by atoms with E-state index in [-0.39, 0.29) is 5.91 Å². The van der Waals surface area contributed by atoms with Crippen molar-refractivity contribution in [2.45, 2.75) is 19.8 Å². The predicted molar refractivity (Wildman–Crippen MR) is 76.8 cm³/mol. The highest BCUT2D eigenvalue weighted by Crippen LogP contribution is 2.11. The molecule has 2 aromatic rings. The zero-order chi connectivity index (χ0) is 13.7. The van der Waals surface area contributed by atoms with Crippen LogP contribution in [0, 0.1) is 0 Å². The van der Waals surface area contributed by atoms with Gasteiger partial charge in [0.1, 0.15) is 5.15 Å². The first-order valence-corrected chi connectivity index (χ1v) is 7.28. The van der Waals surface area contributed by atoms with Crippen LogP contribution in [0.15, 0.2) is 23.7 Å². The van der Waals surface area contributed by atoms with Crippen molar-refractivity contribution in [1.29, 1.82) is 0 Å². The molecule has 0 unspecified atom stereocenters. The first-order valence-electron chi connectivity index (χ1n) is 6.02. The molecule has 0 bridgehead atoms. The van der Waals surface area contributed by atoms with E-state index in [1.54, 1.807) is 29.7 Å². The van der Waals surface area contributed by atoms with Crippen LogP contribution in [0.3, 0.4) is 0 Å². The van der Waals surface area contributed by atoms with Gasteiger partial charge in [0.25, 0.3) is 5.91 Å². The number of aryl methyl sites for hydroxylation is 1. The number of amides is 1. The largest absolute Gasteiger partial charge is 0.352 e. The van der Waals surface area contributed by atoms with E-state index in [1.165, 1.54) is 0 Å². The third kappa shape index (κ3) is 4.01. The quantitative estimate of drug-likeness (QED) is 0.863. The number of halogens is 1. The lowest BCUT2D eigenvalue weighted by Gasteiger charge is -2.06. The smallest absolute Gasteiger partial charge is 0.251 e. The molecule has 19 heavy (non-hydrogen) atoms. The molecule has 4 nitrogen and oxygen atoms in total. The van der Waals surface area contributed by atoms with Crippen LogP contribution in [0.1, 0.15) is 28.0 Å². The fourth-order valence-corrected chi connectivity index (χ4v) is 2.47. The molecular weight excluding hydrogens is 282 g/mol. The third-order valence-electron chi connectivity index (χ3n) is 2.58. The van der Waals surface area contributed by atoms with Crippen LogP contribution in [-0.4, -0.2) is 22.4 Å². The summed E-state index contributed by atoms with van der Waals surface area (Å²) in [4.78, 5) is 20.3. The summed E-state index contributed by atoms with van der Waals surface area (Å²) in [5, 5.41) is 6.15. The third-order valence-corrected chi connectivity index (χ3v) is 3.61. The van der Waals surface area contributed by atoms with Gasteiger partial charge in [0.2, 0.25) is 0 Å². The molecule has 0 radical (unpaired) electrons. The Bertz CT molecular complexity index is 557. The zero-order valence-corrected chi connectivity index (χ0v) is 12.1. The van der Waals surface area contributed by atoms with E-state index < -0.39 is 0 Å². The number of carbonyl (C=O) groups is 1. The summed E-state index contributed by atoms with van der Waals surface area (Å²) in [6, 6.07) is 3.35. The lowest BCUT2D eigenvalue weighted by molar-refractivity contribution is 0.0954. The monoisotopic (exact) mass is 295 g/mol. The Morgan fingerprint density at radius 3 is 3.00 bits per heavy atom. The van der Waals surface area contributed by atoms with Gasteiger partial charge in [-0.1, -0.05) is 18.5 Å². The summed E-state index contributed by atoms with van der Waals surface area (Å²) in [6.07, 6.45) is 3.25. The van der Waals surface area contributed by atoms with Crippen LogP contribution >= 0.6 is 22.9 Å². The van der Waals surface area contributed by atoms with Crippen molar-refractivity contribution < 1.29 is 4.79 Å². The van der Waals surface area contributed by atoms with Crippen molar-refractivity contribution in [1.82, 2.24) is 15.3 Å². The SMILES string of the molecule is CCc1cc(C(=O)NCCc2nccs2)cc(Cl)n1. The van der Waals surface area contributed by atoms with Crippen LogP contribution in [-0.2, 0) is 12.8 Å². The van der Waals surface area contributed by atoms with Gasteiger partial charge in [0, 0.05) is 35.8 Å². The molecule has 2 heterocycles. The molecule has 0 spiro atoms. The average Bonchev–Trinajstić information content (AvgIpc) is 2.91. The molecular formula is C13H14ClN3OS. The molecule has 0 aromatic carbocycles. The van der Waals surface area contributed by atoms with E-state index in [0.717, 1.165) is 23.5 Å². The van der Waals surface area contributed by atoms with Gasteiger partial charge < -0.3 is 5.32 Å². The van der Waals surface area contributed by atoms with Gasteiger partial charge in [-0.15, -0.1) is 11.3 Å². The van der Waals surface area contributed by atoms with Crippen molar-refractivity contribution in [3.05, 3.63) is 45.1 Å². The van der Waals surface area contributed by atoms with E-state index in [0.29, 0.717) is 17.3 Å². The number of hydrogen-bond donors (Lipinski definition) is 1. The number of carbonyl (C=O) groups excluding carboxylic acids is 1. The van der Waals surface area contributed by atoms with Gasteiger partial charge in [-0.3, -0.25) is 4.79 Å². The molecule has 0 aliphatic carbocycles.